The van der Waals surface area contributed by atoms with Gasteiger partial charge in [-0.1, -0.05) is 322 Å². The number of hydrogen-bond donors (Lipinski definition) is 9. The zero-order valence-corrected chi connectivity index (χ0v) is 84.5. The summed E-state index contributed by atoms with van der Waals surface area (Å²) >= 11 is 0. The molecule has 9 aromatic rings. The van der Waals surface area contributed by atoms with Crippen molar-refractivity contribution >= 4 is 52.8 Å². The van der Waals surface area contributed by atoms with Crippen LogP contribution in [0.1, 0.15) is 278 Å². The second-order valence-electron chi connectivity index (χ2n) is 39.5. The van der Waals surface area contributed by atoms with Gasteiger partial charge in [-0.2, -0.15) is 0 Å². The van der Waals surface area contributed by atoms with Crippen LogP contribution in [0.15, 0.2) is 255 Å². The van der Waals surface area contributed by atoms with Crippen molar-refractivity contribution in [3.05, 3.63) is 288 Å². The van der Waals surface area contributed by atoms with Gasteiger partial charge in [-0.15, -0.1) is 0 Å². The van der Waals surface area contributed by atoms with E-state index in [1.807, 2.05) is 230 Å². The fourth-order valence-electron chi connectivity index (χ4n) is 19.3. The van der Waals surface area contributed by atoms with Crippen LogP contribution in [0.4, 0.5) is 0 Å². The van der Waals surface area contributed by atoms with Crippen LogP contribution in [0.5, 0.6) is 34.5 Å². The van der Waals surface area contributed by atoms with Crippen molar-refractivity contribution in [2.24, 2.45) is 53.3 Å². The molecule has 0 heterocycles. The average Bonchev–Trinajstić information content (AvgIpc) is 0.863. The predicted octanol–water partition coefficient (Wildman–Crippen LogP) is 22.9. The molecule has 0 bridgehead atoms. The topological polar surface area (TPSA) is 314 Å². The number of amides is 6. The summed E-state index contributed by atoms with van der Waals surface area (Å²) in [6.07, 6.45) is 19.4. The van der Waals surface area contributed by atoms with Gasteiger partial charge in [0.2, 0.25) is 17.7 Å². The van der Waals surface area contributed by atoms with E-state index >= 15 is 0 Å². The number of aliphatic hydroxyl groups excluding tert-OH is 3. The number of benzene rings is 9. The molecule has 0 aromatic heterocycles. The Kier molecular flexibility index (Phi) is 48.1. The number of hydrogen-bond acceptors (Lipinski definition) is 15. The Hall–Kier alpha value is -11.9. The van der Waals surface area contributed by atoms with Crippen molar-refractivity contribution in [1.29, 1.82) is 0 Å². The van der Waals surface area contributed by atoms with Crippen LogP contribution in [0.25, 0.3) is 0 Å². The lowest BCUT2D eigenvalue weighted by Crippen LogP contribution is -2.47. The highest BCUT2D eigenvalue weighted by atomic mass is 16.5. The lowest BCUT2D eigenvalue weighted by molar-refractivity contribution is -0.129. The molecule has 0 radical (unpaired) electrons. The van der Waals surface area contributed by atoms with Crippen LogP contribution in [0, 0.1) is 53.3 Å². The van der Waals surface area contributed by atoms with E-state index in [1.54, 1.807) is 66.7 Å². The van der Waals surface area contributed by atoms with Gasteiger partial charge in [0.05, 0.1) is 54.6 Å². The minimum absolute atomic E-state index is 0.00354. The van der Waals surface area contributed by atoms with Crippen LogP contribution >= 0.6 is 0 Å². The third kappa shape index (κ3) is 39.6. The minimum Gasteiger partial charge on any atom is -0.457 e. The van der Waals surface area contributed by atoms with Gasteiger partial charge in [-0.25, -0.2) is 0 Å². The molecule has 9 aromatic carbocycles. The fraction of sp³-hybridized carbons (Fsp3) is 0.471. The lowest BCUT2D eigenvalue weighted by atomic mass is 9.73. The third-order valence-electron chi connectivity index (χ3n) is 27.8. The third-order valence-corrected chi connectivity index (χ3v) is 27.8. The molecule has 752 valence electrons. The van der Waals surface area contributed by atoms with E-state index < -0.39 is 54.6 Å². The molecule has 2 aliphatic rings. The summed E-state index contributed by atoms with van der Waals surface area (Å²) < 4.78 is 17.9. The summed E-state index contributed by atoms with van der Waals surface area (Å²) in [6, 6.07) is 75.3. The van der Waals surface area contributed by atoms with Gasteiger partial charge in [0.15, 0.2) is 17.3 Å². The maximum absolute atomic E-state index is 13.7. The molecule has 6 amide bonds. The van der Waals surface area contributed by atoms with Crippen molar-refractivity contribution in [3.8, 4) is 34.5 Å². The largest absolute Gasteiger partial charge is 0.457 e. The molecular weight excluding hydrogens is 1750 g/mol. The predicted molar refractivity (Wildman–Crippen MR) is 557 cm³/mol. The van der Waals surface area contributed by atoms with E-state index in [4.69, 9.17) is 14.2 Å². The van der Waals surface area contributed by atoms with Gasteiger partial charge in [0, 0.05) is 56.7 Å². The Balaban J connectivity index is 0.000000235. The molecule has 15 atom stereocenters. The highest BCUT2D eigenvalue weighted by Crippen LogP contribution is 2.38. The number of aliphatic hydroxyl groups is 3. The van der Waals surface area contributed by atoms with Gasteiger partial charge >= 0.3 is 0 Å². The molecule has 3 unspecified atom stereocenters. The van der Waals surface area contributed by atoms with E-state index in [0.29, 0.717) is 108 Å². The summed E-state index contributed by atoms with van der Waals surface area (Å²) in [5.41, 5.74) is 4.28. The highest BCUT2D eigenvalue weighted by molar-refractivity contribution is 5.96. The maximum atomic E-state index is 13.7. The monoisotopic (exact) mass is 1910 g/mol. The lowest BCUT2D eigenvalue weighted by Gasteiger charge is -2.35. The first-order chi connectivity index (χ1) is 67.5. The average molecular weight is 1910 g/mol. The quantitative estimate of drug-likeness (QED) is 0.0171. The van der Waals surface area contributed by atoms with Gasteiger partial charge in [-0.3, -0.25) is 43.2 Å². The molecule has 2 fully saturated rings. The maximum Gasteiger partial charge on any atom is 0.251 e. The van der Waals surface area contributed by atoms with Gasteiger partial charge in [0.1, 0.15) is 34.5 Å². The van der Waals surface area contributed by atoms with Crippen molar-refractivity contribution in [3.63, 3.8) is 0 Å². The molecule has 0 aliphatic heterocycles. The van der Waals surface area contributed by atoms with Gasteiger partial charge in [-0.05, 0) is 212 Å². The van der Waals surface area contributed by atoms with Crippen LogP contribution in [0.2, 0.25) is 0 Å². The first-order valence-electron chi connectivity index (χ1n) is 51.5. The smallest absolute Gasteiger partial charge is 0.251 e. The molecular formula is C119H156N6O15. The molecule has 21 heteroatoms. The van der Waals surface area contributed by atoms with Crippen molar-refractivity contribution < 1.29 is 72.7 Å². The van der Waals surface area contributed by atoms with Gasteiger partial charge in [0.25, 0.3) is 17.7 Å². The van der Waals surface area contributed by atoms with Crippen molar-refractivity contribution in [1.82, 2.24) is 31.9 Å². The van der Waals surface area contributed by atoms with Crippen LogP contribution in [-0.2, 0) is 48.0 Å². The first kappa shape index (κ1) is 112. The number of rotatable bonds is 53. The number of nitrogens with one attached hydrogen (secondary N) is 6. The summed E-state index contributed by atoms with van der Waals surface area (Å²) in [4.78, 5) is 118. The van der Waals surface area contributed by atoms with Crippen molar-refractivity contribution in [2.75, 3.05) is 0 Å². The van der Waals surface area contributed by atoms with E-state index in [9.17, 15) is 58.5 Å². The number of carbonyl (C=O) groups excluding carboxylic acids is 9. The molecule has 9 N–H and O–H groups in total. The number of para-hydroxylation sites is 3. The second-order valence-corrected chi connectivity index (χ2v) is 39.5. The molecule has 2 aliphatic carbocycles. The van der Waals surface area contributed by atoms with E-state index in [-0.39, 0.29) is 101 Å². The number of ketones is 3. The van der Waals surface area contributed by atoms with E-state index in [0.717, 1.165) is 99.7 Å². The molecule has 0 saturated heterocycles. The molecule has 21 nitrogen and oxygen atoms in total. The Bertz CT molecular complexity index is 5190. The fourth-order valence-corrected chi connectivity index (χ4v) is 19.3. The van der Waals surface area contributed by atoms with Crippen LogP contribution in [-0.4, -0.2) is 123 Å². The zero-order valence-electron chi connectivity index (χ0n) is 84.5. The van der Waals surface area contributed by atoms with E-state index in [1.165, 1.54) is 59.3 Å². The second kappa shape index (κ2) is 60.3. The van der Waals surface area contributed by atoms with E-state index in [2.05, 4.69) is 45.7 Å². The van der Waals surface area contributed by atoms with Gasteiger partial charge < -0.3 is 61.4 Å². The number of carbonyl (C=O) groups is 9. The standard InChI is InChI=1S/C42H56N2O5.C39H50N2O5.C38H50N2O5/c1-4-30(2)41(43-31(3)45)40(47)28-34(21-14-20-32-16-8-5-9-17-32)27-39(46)38(26-33-18-10-6-11-19-33)44-42(48)35-22-15-25-37(29-35)49-36-23-12-7-13-24-36;1-4-27(2)38(40-28(3)42)37(44)26-32(30-17-10-6-11-18-30)25-36(43)35(23-29-15-8-5-9-16-29)41-39(45)31-19-14-22-34(24-31)46-33-20-12-7-13-21-33;1-6-27(4)37(39-28(5)41)36(43)24-30(21-20-26(2)3)23-35(42)34(22-29-14-9-7-10-15-29)40-38(44)31-16-13-19-33(25-31)45-32-17-11-8-12-18-32/h6-7,10-13,15,18-19,22-25,29-30,32,34,38-39,41,46H,4-5,8-9,14,16-17,20-21,26-28H2,1-3H3,(H,43,45)(H,44,48);5,7-9,12-16,19-22,24,27,30,32,35-36,38,43H,4,6,10-11,17-18,23,25-26H2,1-3H3,(H,40,42)(H,41,45);7-19,25-27,30,34-35,37,42H,6,20-24H2,1-5H3,(H,39,41)(H,40,44)/t30?,34-,38-,39-,41-;27?,32-,35-,36-,38-;27?,30-,34-,35-,37-/m000/s1. The molecule has 0 spiro atoms. The highest BCUT2D eigenvalue weighted by Gasteiger charge is 2.38. The first-order valence-corrected chi connectivity index (χ1v) is 51.5. The molecule has 2 saturated carbocycles. The normalized spacial score (nSPS) is 16.0. The SMILES string of the molecule is CCC(C)[C@H](NC(C)=O)C(=O)C[C@@H](CCC(C)C)C[C@H](O)[C@H](Cc1ccccc1)NC(=O)c1cccc(Oc2ccccc2)c1.CCC(C)[C@H](NC(C)=O)C(=O)C[C@@H](CCCC1CCCCC1)C[C@H](O)[C@H](Cc1ccccc1)NC(=O)c1cccc(Oc2ccccc2)c1.CCC(C)[C@H](NC(C)=O)C(=O)C[C@H](C[C@H](O)[C@H](Cc1ccccc1)NC(=O)c1cccc(Oc2ccccc2)c1)C1CCCCC1. The van der Waals surface area contributed by atoms with Crippen LogP contribution < -0.4 is 46.1 Å². The minimum atomic E-state index is -0.898. The summed E-state index contributed by atoms with van der Waals surface area (Å²) in [5.74, 6) is 3.37. The Morgan fingerprint density at radius 2 is 0.621 bits per heavy atom. The Morgan fingerprint density at radius 1 is 0.329 bits per heavy atom. The molecule has 140 heavy (non-hydrogen) atoms. The molecule has 11 rings (SSSR count). The Morgan fingerprint density at radius 3 is 0.936 bits per heavy atom. The summed E-state index contributed by atoms with van der Waals surface area (Å²) in [5, 5.41) is 53.4. The number of Topliss-reactive ketones (excluding diaryl/α,β-unsaturated/α-hetero) is 3. The van der Waals surface area contributed by atoms with Crippen LogP contribution in [0.3, 0.4) is 0 Å². The summed E-state index contributed by atoms with van der Waals surface area (Å²) in [6.45, 7) is 20.6. The number of ether oxygens (including phenoxy) is 3. The van der Waals surface area contributed by atoms with Crippen molar-refractivity contribution in [2.45, 2.75) is 304 Å². The zero-order chi connectivity index (χ0) is 101. The summed E-state index contributed by atoms with van der Waals surface area (Å²) in [7, 11) is 0. The Labute approximate surface area is 832 Å².